The molecule has 4 aromatic carbocycles. The molecule has 0 aliphatic carbocycles. The molecule has 4 aromatic rings. The maximum absolute atomic E-state index is 12.4. The standard InChI is InChI=1S/C25H23NO3/c1-18(29-24-15-7-11-20-9-3-5-13-22(20)24)25(27)26-16-17-28-23-14-6-10-19-8-2-4-12-21(19)23/h2-15,18H,16-17H2,1H3,(H,26,27)/t18-/m1/s1. The highest BCUT2D eigenvalue weighted by atomic mass is 16.5. The van der Waals surface area contributed by atoms with Gasteiger partial charge in [0.05, 0.1) is 6.54 Å². The van der Waals surface area contributed by atoms with Crippen LogP contribution in [0.15, 0.2) is 84.9 Å². The number of ether oxygens (including phenoxy) is 2. The highest BCUT2D eigenvalue weighted by Crippen LogP contribution is 2.26. The average Bonchev–Trinajstić information content (AvgIpc) is 2.77. The minimum Gasteiger partial charge on any atom is -0.491 e. The number of hydrogen-bond acceptors (Lipinski definition) is 3. The van der Waals surface area contributed by atoms with Crippen LogP contribution in [0, 0.1) is 0 Å². The summed E-state index contributed by atoms with van der Waals surface area (Å²) in [7, 11) is 0. The third-order valence-electron chi connectivity index (χ3n) is 4.83. The van der Waals surface area contributed by atoms with Crippen molar-refractivity contribution < 1.29 is 14.3 Å². The van der Waals surface area contributed by atoms with Gasteiger partial charge in [0.15, 0.2) is 6.10 Å². The minimum atomic E-state index is -0.599. The fourth-order valence-corrected chi connectivity index (χ4v) is 3.34. The van der Waals surface area contributed by atoms with Gasteiger partial charge in [-0.3, -0.25) is 4.79 Å². The summed E-state index contributed by atoms with van der Waals surface area (Å²) < 4.78 is 11.8. The molecule has 4 nitrogen and oxygen atoms in total. The number of amides is 1. The van der Waals surface area contributed by atoms with Crippen LogP contribution < -0.4 is 14.8 Å². The van der Waals surface area contributed by atoms with Crippen LogP contribution in [-0.2, 0) is 4.79 Å². The normalized spacial score (nSPS) is 11.9. The summed E-state index contributed by atoms with van der Waals surface area (Å²) in [5.74, 6) is 1.36. The summed E-state index contributed by atoms with van der Waals surface area (Å²) in [6.07, 6.45) is -0.599. The Labute approximate surface area is 170 Å². The Hall–Kier alpha value is -3.53. The molecule has 0 spiro atoms. The summed E-state index contributed by atoms with van der Waals surface area (Å²) in [6, 6.07) is 27.8. The first-order chi connectivity index (χ1) is 14.2. The predicted octanol–water partition coefficient (Wildman–Crippen LogP) is 4.96. The van der Waals surface area contributed by atoms with Crippen molar-refractivity contribution in [1.29, 1.82) is 0 Å². The lowest BCUT2D eigenvalue weighted by Crippen LogP contribution is -2.38. The lowest BCUT2D eigenvalue weighted by molar-refractivity contribution is -0.127. The molecular formula is C25H23NO3. The lowest BCUT2D eigenvalue weighted by Gasteiger charge is -2.16. The number of hydrogen-bond donors (Lipinski definition) is 1. The summed E-state index contributed by atoms with van der Waals surface area (Å²) in [5.41, 5.74) is 0. The Morgan fingerprint density at radius 1 is 0.793 bits per heavy atom. The third kappa shape index (κ3) is 4.32. The van der Waals surface area contributed by atoms with Crippen molar-refractivity contribution in [2.45, 2.75) is 13.0 Å². The maximum Gasteiger partial charge on any atom is 0.260 e. The van der Waals surface area contributed by atoms with E-state index in [4.69, 9.17) is 9.47 Å². The van der Waals surface area contributed by atoms with Crippen LogP contribution >= 0.6 is 0 Å². The van der Waals surface area contributed by atoms with E-state index in [0.29, 0.717) is 18.9 Å². The molecule has 1 atom stereocenters. The van der Waals surface area contributed by atoms with Gasteiger partial charge in [-0.1, -0.05) is 72.8 Å². The van der Waals surface area contributed by atoms with Crippen molar-refractivity contribution in [3.8, 4) is 11.5 Å². The summed E-state index contributed by atoms with van der Waals surface area (Å²) in [5, 5.41) is 7.15. The summed E-state index contributed by atoms with van der Waals surface area (Å²) in [4.78, 5) is 12.4. The van der Waals surface area contributed by atoms with E-state index in [2.05, 4.69) is 17.4 Å². The zero-order valence-corrected chi connectivity index (χ0v) is 16.3. The molecule has 0 saturated carbocycles. The van der Waals surface area contributed by atoms with Crippen LogP contribution in [-0.4, -0.2) is 25.2 Å². The molecule has 29 heavy (non-hydrogen) atoms. The van der Waals surface area contributed by atoms with Gasteiger partial charge in [-0.05, 0) is 29.8 Å². The van der Waals surface area contributed by atoms with Crippen molar-refractivity contribution in [3.63, 3.8) is 0 Å². The Morgan fingerprint density at radius 2 is 1.34 bits per heavy atom. The van der Waals surface area contributed by atoms with Gasteiger partial charge < -0.3 is 14.8 Å². The van der Waals surface area contributed by atoms with Crippen LogP contribution in [0.4, 0.5) is 0 Å². The first-order valence-electron chi connectivity index (χ1n) is 9.75. The van der Waals surface area contributed by atoms with E-state index in [-0.39, 0.29) is 5.91 Å². The Bertz CT molecular complexity index is 1130. The van der Waals surface area contributed by atoms with Crippen molar-refractivity contribution >= 4 is 27.5 Å². The second kappa shape index (κ2) is 8.65. The highest BCUT2D eigenvalue weighted by molar-refractivity contribution is 5.89. The minimum absolute atomic E-state index is 0.167. The first kappa shape index (κ1) is 18.8. The van der Waals surface area contributed by atoms with Crippen LogP contribution in [0.5, 0.6) is 11.5 Å². The van der Waals surface area contributed by atoms with E-state index in [0.717, 1.165) is 27.3 Å². The van der Waals surface area contributed by atoms with E-state index >= 15 is 0 Å². The van der Waals surface area contributed by atoms with E-state index in [1.54, 1.807) is 6.92 Å². The number of carbonyl (C=O) groups is 1. The molecule has 1 amide bonds. The quantitative estimate of drug-likeness (QED) is 0.458. The van der Waals surface area contributed by atoms with Gasteiger partial charge in [0.2, 0.25) is 0 Å². The van der Waals surface area contributed by atoms with Crippen LogP contribution in [0.2, 0.25) is 0 Å². The van der Waals surface area contributed by atoms with Gasteiger partial charge >= 0.3 is 0 Å². The van der Waals surface area contributed by atoms with E-state index < -0.39 is 6.10 Å². The van der Waals surface area contributed by atoms with Crippen LogP contribution in [0.1, 0.15) is 6.92 Å². The van der Waals surface area contributed by atoms with Gasteiger partial charge in [-0.2, -0.15) is 0 Å². The van der Waals surface area contributed by atoms with Gasteiger partial charge in [-0.25, -0.2) is 0 Å². The summed E-state index contributed by atoms with van der Waals surface area (Å²) in [6.45, 7) is 2.55. The monoisotopic (exact) mass is 385 g/mol. The fraction of sp³-hybridized carbons (Fsp3) is 0.160. The average molecular weight is 385 g/mol. The number of fused-ring (bicyclic) bond motifs is 2. The van der Waals surface area contributed by atoms with Crippen LogP contribution in [0.25, 0.3) is 21.5 Å². The zero-order valence-electron chi connectivity index (χ0n) is 16.3. The molecule has 146 valence electrons. The first-order valence-corrected chi connectivity index (χ1v) is 9.75. The van der Waals surface area contributed by atoms with Crippen molar-refractivity contribution in [2.24, 2.45) is 0 Å². The van der Waals surface area contributed by atoms with E-state index in [9.17, 15) is 4.79 Å². The smallest absolute Gasteiger partial charge is 0.260 e. The number of nitrogens with one attached hydrogen (secondary N) is 1. The van der Waals surface area contributed by atoms with E-state index in [1.165, 1.54) is 0 Å². The molecular weight excluding hydrogens is 362 g/mol. The van der Waals surface area contributed by atoms with Gasteiger partial charge in [0.1, 0.15) is 18.1 Å². The van der Waals surface area contributed by atoms with Crippen LogP contribution in [0.3, 0.4) is 0 Å². The van der Waals surface area contributed by atoms with Crippen molar-refractivity contribution in [2.75, 3.05) is 13.2 Å². The molecule has 0 heterocycles. The topological polar surface area (TPSA) is 47.6 Å². The molecule has 0 aromatic heterocycles. The molecule has 0 bridgehead atoms. The fourth-order valence-electron chi connectivity index (χ4n) is 3.34. The molecule has 4 rings (SSSR count). The molecule has 0 unspecified atom stereocenters. The maximum atomic E-state index is 12.4. The Morgan fingerprint density at radius 3 is 2.03 bits per heavy atom. The molecule has 0 saturated heterocycles. The zero-order chi connectivity index (χ0) is 20.1. The number of benzene rings is 4. The van der Waals surface area contributed by atoms with Gasteiger partial charge in [0, 0.05) is 10.8 Å². The third-order valence-corrected chi connectivity index (χ3v) is 4.83. The molecule has 4 heteroatoms. The second-order valence-corrected chi connectivity index (χ2v) is 6.85. The number of carbonyl (C=O) groups excluding carboxylic acids is 1. The Kier molecular flexibility index (Phi) is 5.61. The van der Waals surface area contributed by atoms with E-state index in [1.807, 2.05) is 72.8 Å². The van der Waals surface area contributed by atoms with Gasteiger partial charge in [0.25, 0.3) is 5.91 Å². The second-order valence-electron chi connectivity index (χ2n) is 6.85. The highest BCUT2D eigenvalue weighted by Gasteiger charge is 2.15. The largest absolute Gasteiger partial charge is 0.491 e. The van der Waals surface area contributed by atoms with Crippen molar-refractivity contribution in [3.05, 3.63) is 84.9 Å². The molecule has 0 radical (unpaired) electrons. The molecule has 1 N–H and O–H groups in total. The Balaban J connectivity index is 1.31. The SMILES string of the molecule is C[C@@H](Oc1cccc2ccccc12)C(=O)NCCOc1cccc2ccccc12. The molecule has 0 aliphatic heterocycles. The lowest BCUT2D eigenvalue weighted by atomic mass is 10.1. The summed E-state index contributed by atoms with van der Waals surface area (Å²) >= 11 is 0. The van der Waals surface area contributed by atoms with Gasteiger partial charge in [-0.15, -0.1) is 0 Å². The van der Waals surface area contributed by atoms with Crippen molar-refractivity contribution in [1.82, 2.24) is 5.32 Å². The predicted molar refractivity (Wildman–Crippen MR) is 116 cm³/mol. The molecule has 0 aliphatic rings. The molecule has 0 fully saturated rings. The number of rotatable bonds is 7.